The first kappa shape index (κ1) is 11.1. The van der Waals surface area contributed by atoms with Crippen LogP contribution in [0.1, 0.15) is 18.5 Å². The molecule has 1 aliphatic heterocycles. The maximum absolute atomic E-state index is 11.7. The molecule has 2 rings (SSSR count). The van der Waals surface area contributed by atoms with Crippen molar-refractivity contribution in [1.82, 2.24) is 10.9 Å². The molecule has 0 radical (unpaired) electrons. The van der Waals surface area contributed by atoms with Crippen molar-refractivity contribution in [1.29, 1.82) is 0 Å². The van der Waals surface area contributed by atoms with Gasteiger partial charge in [-0.15, -0.1) is 0 Å². The monoisotopic (exact) mass is 220 g/mol. The lowest BCUT2D eigenvalue weighted by atomic mass is 9.90. The van der Waals surface area contributed by atoms with Crippen LogP contribution >= 0.6 is 0 Å². The standard InChI is InChI=1S/C12H16N2O2/c1-8-10(12(15)16-2)11(14-13-8)9-6-4-3-5-7-9/h3-8,10-11,13-14H,1-2H3. The van der Waals surface area contributed by atoms with E-state index in [0.29, 0.717) is 0 Å². The summed E-state index contributed by atoms with van der Waals surface area (Å²) in [5.74, 6) is -0.369. The molecule has 1 aromatic rings. The normalized spacial score (nSPS) is 29.0. The fourth-order valence-corrected chi connectivity index (χ4v) is 2.12. The summed E-state index contributed by atoms with van der Waals surface area (Å²) in [5.41, 5.74) is 7.31. The lowest BCUT2D eigenvalue weighted by Crippen LogP contribution is -2.31. The Bertz CT molecular complexity index is 367. The van der Waals surface area contributed by atoms with Crippen molar-refractivity contribution in [3.63, 3.8) is 0 Å². The van der Waals surface area contributed by atoms with Crippen LogP contribution in [0.15, 0.2) is 30.3 Å². The van der Waals surface area contributed by atoms with Gasteiger partial charge < -0.3 is 4.74 Å². The van der Waals surface area contributed by atoms with Gasteiger partial charge in [-0.1, -0.05) is 30.3 Å². The van der Waals surface area contributed by atoms with Crippen molar-refractivity contribution in [2.75, 3.05) is 7.11 Å². The Kier molecular flexibility index (Phi) is 3.22. The number of ether oxygens (including phenoxy) is 1. The van der Waals surface area contributed by atoms with E-state index >= 15 is 0 Å². The summed E-state index contributed by atoms with van der Waals surface area (Å²) in [4.78, 5) is 11.7. The van der Waals surface area contributed by atoms with Gasteiger partial charge in [-0.25, -0.2) is 5.43 Å². The van der Waals surface area contributed by atoms with Crippen LogP contribution in [0.4, 0.5) is 0 Å². The lowest BCUT2D eigenvalue weighted by molar-refractivity contribution is -0.146. The summed E-state index contributed by atoms with van der Waals surface area (Å²) in [6.07, 6.45) is 0. The number of carbonyl (C=O) groups excluding carboxylic acids is 1. The number of methoxy groups -OCH3 is 1. The molecule has 0 aliphatic carbocycles. The Morgan fingerprint density at radius 3 is 2.56 bits per heavy atom. The van der Waals surface area contributed by atoms with Gasteiger partial charge in [-0.05, 0) is 12.5 Å². The van der Waals surface area contributed by atoms with Crippen molar-refractivity contribution in [3.8, 4) is 0 Å². The highest BCUT2D eigenvalue weighted by Gasteiger charge is 2.39. The second-order valence-corrected chi connectivity index (χ2v) is 4.01. The fourth-order valence-electron chi connectivity index (χ4n) is 2.12. The van der Waals surface area contributed by atoms with Crippen LogP contribution in [0.25, 0.3) is 0 Å². The van der Waals surface area contributed by atoms with Crippen LogP contribution in [0.3, 0.4) is 0 Å². The van der Waals surface area contributed by atoms with Gasteiger partial charge in [-0.3, -0.25) is 10.2 Å². The van der Waals surface area contributed by atoms with E-state index in [0.717, 1.165) is 5.56 Å². The van der Waals surface area contributed by atoms with Crippen LogP contribution in [-0.2, 0) is 9.53 Å². The van der Waals surface area contributed by atoms with Gasteiger partial charge in [-0.2, -0.15) is 0 Å². The molecule has 3 atom stereocenters. The highest BCUT2D eigenvalue weighted by Crippen LogP contribution is 2.29. The van der Waals surface area contributed by atoms with E-state index in [1.807, 2.05) is 37.3 Å². The molecule has 0 aromatic heterocycles. The SMILES string of the molecule is COC(=O)C1C(C)NNC1c1ccccc1. The van der Waals surface area contributed by atoms with E-state index < -0.39 is 0 Å². The van der Waals surface area contributed by atoms with Gasteiger partial charge in [0.2, 0.25) is 0 Å². The van der Waals surface area contributed by atoms with Crippen molar-refractivity contribution >= 4 is 5.97 Å². The van der Waals surface area contributed by atoms with Gasteiger partial charge in [0.15, 0.2) is 0 Å². The van der Waals surface area contributed by atoms with Crippen molar-refractivity contribution < 1.29 is 9.53 Å². The van der Waals surface area contributed by atoms with Crippen LogP contribution in [0.5, 0.6) is 0 Å². The van der Waals surface area contributed by atoms with E-state index in [2.05, 4.69) is 10.9 Å². The Morgan fingerprint density at radius 2 is 1.94 bits per heavy atom. The highest BCUT2D eigenvalue weighted by molar-refractivity contribution is 5.74. The molecule has 0 spiro atoms. The van der Waals surface area contributed by atoms with Crippen LogP contribution in [-0.4, -0.2) is 19.1 Å². The molecule has 4 heteroatoms. The molecule has 1 fully saturated rings. The van der Waals surface area contributed by atoms with Crippen molar-refractivity contribution in [3.05, 3.63) is 35.9 Å². The largest absolute Gasteiger partial charge is 0.469 e. The minimum atomic E-state index is -0.188. The smallest absolute Gasteiger partial charge is 0.312 e. The first-order chi connectivity index (χ1) is 7.74. The first-order valence-corrected chi connectivity index (χ1v) is 5.38. The number of hydrazine groups is 1. The molecule has 1 heterocycles. The summed E-state index contributed by atoms with van der Waals surface area (Å²) in [7, 11) is 1.43. The van der Waals surface area contributed by atoms with E-state index in [1.54, 1.807) is 0 Å². The summed E-state index contributed by atoms with van der Waals surface area (Å²) < 4.78 is 4.84. The minimum Gasteiger partial charge on any atom is -0.469 e. The number of hydrogen-bond acceptors (Lipinski definition) is 4. The maximum Gasteiger partial charge on any atom is 0.312 e. The molecule has 1 saturated heterocycles. The summed E-state index contributed by atoms with van der Waals surface area (Å²) in [6.45, 7) is 1.97. The minimum absolute atomic E-state index is 0.0244. The number of carbonyl (C=O) groups is 1. The molecule has 1 aliphatic rings. The van der Waals surface area contributed by atoms with Gasteiger partial charge in [0, 0.05) is 6.04 Å². The molecule has 1 aromatic carbocycles. The van der Waals surface area contributed by atoms with Crippen molar-refractivity contribution in [2.45, 2.75) is 19.0 Å². The Hall–Kier alpha value is -1.39. The van der Waals surface area contributed by atoms with E-state index in [9.17, 15) is 4.79 Å². The zero-order chi connectivity index (χ0) is 11.5. The zero-order valence-electron chi connectivity index (χ0n) is 9.44. The second-order valence-electron chi connectivity index (χ2n) is 4.01. The molecule has 86 valence electrons. The first-order valence-electron chi connectivity index (χ1n) is 5.38. The van der Waals surface area contributed by atoms with Gasteiger partial charge >= 0.3 is 5.97 Å². The zero-order valence-corrected chi connectivity index (χ0v) is 9.44. The Labute approximate surface area is 95.0 Å². The van der Waals surface area contributed by atoms with Gasteiger partial charge in [0.1, 0.15) is 0 Å². The van der Waals surface area contributed by atoms with E-state index in [1.165, 1.54) is 7.11 Å². The third kappa shape index (κ3) is 1.94. The number of nitrogens with one attached hydrogen (secondary N) is 2. The lowest BCUT2D eigenvalue weighted by Gasteiger charge is -2.18. The summed E-state index contributed by atoms with van der Waals surface area (Å²) in [5, 5.41) is 0. The third-order valence-electron chi connectivity index (χ3n) is 3.00. The predicted molar refractivity (Wildman–Crippen MR) is 60.4 cm³/mol. The number of benzene rings is 1. The molecule has 0 bridgehead atoms. The number of esters is 1. The topological polar surface area (TPSA) is 50.4 Å². The maximum atomic E-state index is 11.7. The fraction of sp³-hybridized carbons (Fsp3) is 0.417. The quantitative estimate of drug-likeness (QED) is 0.730. The predicted octanol–water partition coefficient (Wildman–Crippen LogP) is 1.01. The molecule has 3 unspecified atom stereocenters. The summed E-state index contributed by atoms with van der Waals surface area (Å²) >= 11 is 0. The molecular weight excluding hydrogens is 204 g/mol. The Balaban J connectivity index is 2.24. The van der Waals surface area contributed by atoms with Crippen LogP contribution in [0.2, 0.25) is 0 Å². The van der Waals surface area contributed by atoms with Crippen molar-refractivity contribution in [2.24, 2.45) is 5.92 Å². The molecule has 0 amide bonds. The summed E-state index contributed by atoms with van der Waals surface area (Å²) in [6, 6.07) is 9.95. The van der Waals surface area contributed by atoms with Gasteiger partial charge in [0.05, 0.1) is 19.1 Å². The average molecular weight is 220 g/mol. The Morgan fingerprint density at radius 1 is 1.25 bits per heavy atom. The number of rotatable bonds is 2. The van der Waals surface area contributed by atoms with Gasteiger partial charge in [0.25, 0.3) is 0 Å². The molecule has 4 nitrogen and oxygen atoms in total. The number of hydrogen-bond donors (Lipinski definition) is 2. The van der Waals surface area contributed by atoms with E-state index in [-0.39, 0.29) is 24.0 Å². The van der Waals surface area contributed by atoms with Crippen LogP contribution in [0, 0.1) is 5.92 Å². The third-order valence-corrected chi connectivity index (χ3v) is 3.00. The molecule has 16 heavy (non-hydrogen) atoms. The van der Waals surface area contributed by atoms with E-state index in [4.69, 9.17) is 4.74 Å². The second kappa shape index (κ2) is 4.63. The highest BCUT2D eigenvalue weighted by atomic mass is 16.5. The molecular formula is C12H16N2O2. The molecule has 0 saturated carbocycles. The molecule has 2 N–H and O–H groups in total. The average Bonchev–Trinajstić information content (AvgIpc) is 2.71. The van der Waals surface area contributed by atoms with Crippen LogP contribution < -0.4 is 10.9 Å².